The first kappa shape index (κ1) is 101. The van der Waals surface area contributed by atoms with Crippen molar-refractivity contribution < 1.29 is 20.4 Å². The van der Waals surface area contributed by atoms with Crippen LogP contribution in [0, 0.1) is 0 Å². The molecule has 1 heterocycles. The van der Waals surface area contributed by atoms with Crippen LogP contribution >= 0.6 is 43.2 Å². The Bertz CT molecular complexity index is 1410. The average Bonchev–Trinajstić information content (AvgIpc) is 0.851. The second-order valence-electron chi connectivity index (χ2n) is 33.1. The molecule has 1 saturated heterocycles. The molecule has 0 spiro atoms. The average molecular weight is 1510 g/mol. The van der Waals surface area contributed by atoms with E-state index in [1.54, 1.807) is 0 Å². The number of piperazine rings is 1. The molecule has 12 heteroatoms. The highest BCUT2D eigenvalue weighted by molar-refractivity contribution is 8.77. The van der Waals surface area contributed by atoms with Gasteiger partial charge in [0.15, 0.2) is 0 Å². The second-order valence-corrected chi connectivity index (χ2v) is 38.5. The normalized spacial score (nSPS) is 16.0. The third-order valence-corrected chi connectivity index (χ3v) is 27.6. The minimum atomic E-state index is -0.296. The van der Waals surface area contributed by atoms with Crippen LogP contribution < -0.4 is 0 Å². The highest BCUT2D eigenvalue weighted by Gasteiger charge is 2.28. The van der Waals surface area contributed by atoms with Crippen molar-refractivity contribution in [3.05, 3.63) is 0 Å². The van der Waals surface area contributed by atoms with Crippen LogP contribution in [-0.4, -0.2) is 165 Å². The first-order chi connectivity index (χ1) is 50.1. The van der Waals surface area contributed by atoms with E-state index < -0.39 is 0 Å². The molecule has 0 aromatic carbocycles. The van der Waals surface area contributed by atoms with E-state index in [4.69, 9.17) is 0 Å². The van der Waals surface area contributed by atoms with Gasteiger partial charge < -0.3 is 20.4 Å². The Balaban J connectivity index is 2.44. The van der Waals surface area contributed by atoms with Crippen molar-refractivity contribution in [3.8, 4) is 0 Å². The van der Waals surface area contributed by atoms with Crippen LogP contribution in [0.2, 0.25) is 0 Å². The third-order valence-electron chi connectivity index (χ3n) is 22.7. The van der Waals surface area contributed by atoms with E-state index in [0.29, 0.717) is 38.3 Å². The summed E-state index contributed by atoms with van der Waals surface area (Å²) in [7, 11) is 8.23. The van der Waals surface area contributed by atoms with Crippen LogP contribution in [0.15, 0.2) is 0 Å². The van der Waals surface area contributed by atoms with Crippen molar-refractivity contribution in [1.29, 1.82) is 0 Å². The standard InChI is InChI=1S/C90H184N4O4S4/c1-7-11-15-19-23-27-31-35-39-43-47-51-55-59-67-87(95)81-91(82-88(96)68-60-56-52-48-44-40-36-32-28-24-20-16-12-8-2)71-63-65-75-99-101-77-73-93-79-86(6)94(80-85(93)5)74-78-102-100-76-66-64-72-92(83-89(97)69-61-57-53-49-45-41-37-33-29-25-21-17-13-9-3)84-90(98)70-62-58-54-50-46-42-38-34-30-26-22-18-14-10-4/h85-90,95-98H,7-84H2,1-6H3. The molecule has 1 rings (SSSR count). The van der Waals surface area contributed by atoms with Crippen molar-refractivity contribution in [2.45, 2.75) is 489 Å². The van der Waals surface area contributed by atoms with Crippen molar-refractivity contribution in [3.63, 3.8) is 0 Å². The van der Waals surface area contributed by atoms with Gasteiger partial charge in [-0.2, -0.15) is 0 Å². The molecule has 102 heavy (non-hydrogen) atoms. The summed E-state index contributed by atoms with van der Waals surface area (Å²) in [6.07, 6.45) is 83.3. The van der Waals surface area contributed by atoms with Gasteiger partial charge in [0.2, 0.25) is 0 Å². The smallest absolute Gasteiger partial charge is 0.0667 e. The molecule has 0 saturated carbocycles. The predicted molar refractivity (Wildman–Crippen MR) is 467 cm³/mol. The Morgan fingerprint density at radius 2 is 0.422 bits per heavy atom. The van der Waals surface area contributed by atoms with Gasteiger partial charge in [0.25, 0.3) is 0 Å². The zero-order chi connectivity index (χ0) is 73.8. The molecular weight excluding hydrogens is 1330 g/mol. The number of nitrogens with zero attached hydrogens (tertiary/aromatic N) is 4. The molecular formula is C90H184N4O4S4. The quantitative estimate of drug-likeness (QED) is 0.0345. The molecule has 1 fully saturated rings. The summed E-state index contributed by atoms with van der Waals surface area (Å²) in [5.41, 5.74) is 0. The second kappa shape index (κ2) is 81.6. The van der Waals surface area contributed by atoms with Crippen LogP contribution in [0.4, 0.5) is 0 Å². The molecule has 0 aromatic rings. The van der Waals surface area contributed by atoms with E-state index in [1.165, 1.54) is 370 Å². The number of aliphatic hydroxyl groups is 4. The Morgan fingerprint density at radius 3 is 0.618 bits per heavy atom. The van der Waals surface area contributed by atoms with E-state index in [9.17, 15) is 20.4 Å². The van der Waals surface area contributed by atoms with Crippen LogP contribution in [0.25, 0.3) is 0 Å². The minimum Gasteiger partial charge on any atom is -0.392 e. The Morgan fingerprint density at radius 1 is 0.245 bits per heavy atom. The number of hydrogen-bond acceptors (Lipinski definition) is 12. The third kappa shape index (κ3) is 71.4. The summed E-state index contributed by atoms with van der Waals surface area (Å²) < 4.78 is 0. The zero-order valence-corrected chi connectivity index (χ0v) is 73.1. The maximum absolute atomic E-state index is 11.3. The fourth-order valence-corrected chi connectivity index (χ4v) is 20.1. The number of hydrogen-bond donors (Lipinski definition) is 4. The van der Waals surface area contributed by atoms with Crippen LogP contribution in [0.3, 0.4) is 0 Å². The summed E-state index contributed by atoms with van der Waals surface area (Å²) in [6, 6.07) is 1.17. The highest BCUT2D eigenvalue weighted by Crippen LogP contribution is 2.28. The summed E-state index contributed by atoms with van der Waals surface area (Å²) in [6.45, 7) is 23.5. The molecule has 0 bridgehead atoms. The van der Waals surface area contributed by atoms with Gasteiger partial charge in [0.1, 0.15) is 0 Å². The molecule has 0 aliphatic carbocycles. The lowest BCUT2D eigenvalue weighted by Crippen LogP contribution is -2.57. The van der Waals surface area contributed by atoms with Crippen LogP contribution in [-0.2, 0) is 0 Å². The van der Waals surface area contributed by atoms with Gasteiger partial charge >= 0.3 is 0 Å². The monoisotopic (exact) mass is 1510 g/mol. The number of aliphatic hydroxyl groups excluding tert-OH is 4. The minimum absolute atomic E-state index is 0.296. The summed E-state index contributed by atoms with van der Waals surface area (Å²) in [5, 5.41) is 45.1. The molecule has 1 aliphatic rings. The summed E-state index contributed by atoms with van der Waals surface area (Å²) in [4.78, 5) is 10.3. The van der Waals surface area contributed by atoms with Crippen LogP contribution in [0.1, 0.15) is 452 Å². The number of unbranched alkanes of at least 4 members (excludes halogenated alkanes) is 54. The SMILES string of the molecule is CCCCCCCCCCCCCCCCC(O)CN(CCCCSSCCN1CC(C)N(CCSSCCCCN(CC(O)CCCCCCCCCCCCCCCC)CC(O)CCCCCCCCCCCCCCCC)CC1C)CC(O)CCCCCCCCCCCCCCCC. The Labute approximate surface area is 656 Å². The molecule has 0 amide bonds. The molecule has 0 radical (unpaired) electrons. The van der Waals surface area contributed by atoms with Gasteiger partial charge in [-0.25, -0.2) is 0 Å². The molecule has 4 N–H and O–H groups in total. The number of rotatable bonds is 86. The van der Waals surface area contributed by atoms with Gasteiger partial charge in [-0.3, -0.25) is 19.6 Å². The van der Waals surface area contributed by atoms with E-state index in [1.807, 2.05) is 0 Å². The highest BCUT2D eigenvalue weighted by atomic mass is 33.1. The van der Waals surface area contributed by atoms with E-state index in [2.05, 4.69) is 104 Å². The predicted octanol–water partition coefficient (Wildman–Crippen LogP) is 27.2. The molecule has 0 aromatic heterocycles. The summed E-state index contributed by atoms with van der Waals surface area (Å²) in [5.74, 6) is 4.69. The topological polar surface area (TPSA) is 93.9 Å². The first-order valence-corrected chi connectivity index (χ1v) is 51.2. The Kier molecular flexibility index (Phi) is 80.8. The summed E-state index contributed by atoms with van der Waals surface area (Å²) >= 11 is 0. The fraction of sp³-hybridized carbons (Fsp3) is 1.00. The van der Waals surface area contributed by atoms with Gasteiger partial charge in [-0.05, 0) is 78.3 Å². The fourth-order valence-electron chi connectivity index (χ4n) is 15.8. The van der Waals surface area contributed by atoms with E-state index >= 15 is 0 Å². The molecule has 6 unspecified atom stereocenters. The first-order valence-electron chi connectivity index (χ1n) is 46.3. The van der Waals surface area contributed by atoms with Crippen molar-refractivity contribution in [2.75, 3.05) is 88.5 Å². The maximum atomic E-state index is 11.3. The van der Waals surface area contributed by atoms with Gasteiger partial charge in [0, 0.05) is 87.5 Å². The molecule has 8 nitrogen and oxygen atoms in total. The molecule has 6 atom stereocenters. The molecule has 1 aliphatic heterocycles. The van der Waals surface area contributed by atoms with Crippen LogP contribution in [0.5, 0.6) is 0 Å². The van der Waals surface area contributed by atoms with Crippen molar-refractivity contribution in [1.82, 2.24) is 19.6 Å². The van der Waals surface area contributed by atoms with E-state index in [0.717, 1.165) is 103 Å². The van der Waals surface area contributed by atoms with Crippen molar-refractivity contribution in [2.24, 2.45) is 0 Å². The van der Waals surface area contributed by atoms with E-state index in [-0.39, 0.29) is 24.4 Å². The van der Waals surface area contributed by atoms with Crippen molar-refractivity contribution >= 4 is 43.2 Å². The maximum Gasteiger partial charge on any atom is 0.0667 e. The lowest BCUT2D eigenvalue weighted by atomic mass is 10.0. The molecule has 612 valence electrons. The van der Waals surface area contributed by atoms with Gasteiger partial charge in [-0.1, -0.05) is 430 Å². The Hall–Kier alpha value is 1.08. The largest absolute Gasteiger partial charge is 0.392 e. The van der Waals surface area contributed by atoms with Gasteiger partial charge in [-0.15, -0.1) is 0 Å². The van der Waals surface area contributed by atoms with Gasteiger partial charge in [0.05, 0.1) is 24.4 Å². The lowest BCUT2D eigenvalue weighted by molar-refractivity contribution is 0.0516. The lowest BCUT2D eigenvalue weighted by Gasteiger charge is -2.44. The zero-order valence-electron chi connectivity index (χ0n) is 69.8.